The van der Waals surface area contributed by atoms with Gasteiger partial charge in [0, 0.05) is 24.1 Å². The van der Waals surface area contributed by atoms with Crippen LogP contribution in [0.5, 0.6) is 0 Å². The van der Waals surface area contributed by atoms with E-state index in [9.17, 15) is 4.79 Å². The molecule has 1 aromatic carbocycles. The van der Waals surface area contributed by atoms with Crippen LogP contribution in [0.15, 0.2) is 18.2 Å². The summed E-state index contributed by atoms with van der Waals surface area (Å²) in [5, 5.41) is 1.50. The lowest BCUT2D eigenvalue weighted by Gasteiger charge is -2.07. The highest BCUT2D eigenvalue weighted by Crippen LogP contribution is 2.26. The summed E-state index contributed by atoms with van der Waals surface area (Å²) in [5.41, 5.74) is 2.42. The van der Waals surface area contributed by atoms with E-state index in [1.165, 1.54) is 26.4 Å². The van der Waals surface area contributed by atoms with Crippen LogP contribution in [0.25, 0.3) is 10.9 Å². The van der Waals surface area contributed by atoms with E-state index in [0.717, 1.165) is 48.4 Å². The number of carbonyl (C=O) groups is 1. The molecule has 0 aliphatic rings. The Morgan fingerprint density at radius 2 is 1.93 bits per heavy atom. The van der Waals surface area contributed by atoms with Crippen LogP contribution in [0.2, 0.25) is 5.02 Å². The summed E-state index contributed by atoms with van der Waals surface area (Å²) in [4.78, 5) is 14.4. The molecule has 152 valence electrons. The highest BCUT2D eigenvalue weighted by Gasteiger charge is 2.11. The van der Waals surface area contributed by atoms with E-state index in [1.807, 2.05) is 12.1 Å². The average Bonchev–Trinajstić information content (AvgIpc) is 3.12. The van der Waals surface area contributed by atoms with Crippen molar-refractivity contribution in [3.8, 4) is 0 Å². The van der Waals surface area contributed by atoms with Crippen molar-refractivity contribution >= 4 is 28.5 Å². The number of aromatic nitrogens is 1. The Morgan fingerprint density at radius 1 is 1.19 bits per heavy atom. The number of ether oxygens (including phenoxy) is 2. The minimum absolute atomic E-state index is 0.384. The molecule has 0 saturated carbocycles. The van der Waals surface area contributed by atoms with Gasteiger partial charge in [-0.25, -0.2) is 4.79 Å². The summed E-state index contributed by atoms with van der Waals surface area (Å²) in [6.07, 6.45) is 5.90. The highest BCUT2D eigenvalue weighted by molar-refractivity contribution is 6.35. The fourth-order valence-corrected chi connectivity index (χ4v) is 2.95. The van der Waals surface area contributed by atoms with Crippen molar-refractivity contribution in [1.82, 2.24) is 4.98 Å². The summed E-state index contributed by atoms with van der Waals surface area (Å²) in [5.74, 6) is 0.491. The van der Waals surface area contributed by atoms with E-state index in [0.29, 0.717) is 10.7 Å². The van der Waals surface area contributed by atoms with Gasteiger partial charge in [0.25, 0.3) is 0 Å². The summed E-state index contributed by atoms with van der Waals surface area (Å²) in [7, 11) is 1.35. The molecule has 2 aromatic rings. The van der Waals surface area contributed by atoms with Crippen molar-refractivity contribution in [1.29, 1.82) is 0 Å². The fraction of sp³-hybridized carbons (Fsp3) is 0.591. The summed E-state index contributed by atoms with van der Waals surface area (Å²) >= 11 is 6.13. The van der Waals surface area contributed by atoms with Crippen molar-refractivity contribution in [3.63, 3.8) is 0 Å². The Labute approximate surface area is 168 Å². The van der Waals surface area contributed by atoms with E-state index >= 15 is 0 Å². The molecular formula is C22H34ClNO3. The Morgan fingerprint density at radius 3 is 2.52 bits per heavy atom. The molecule has 1 unspecified atom stereocenters. The van der Waals surface area contributed by atoms with Crippen molar-refractivity contribution in [2.24, 2.45) is 5.92 Å². The molecule has 0 aliphatic carbocycles. The first-order valence-electron chi connectivity index (χ1n) is 9.93. The number of fused-ring (bicyclic) bond motifs is 1. The van der Waals surface area contributed by atoms with Crippen molar-refractivity contribution in [2.45, 2.75) is 59.8 Å². The summed E-state index contributed by atoms with van der Waals surface area (Å²) in [6.45, 7) is 10.6. The third-order valence-electron chi connectivity index (χ3n) is 4.59. The highest BCUT2D eigenvalue weighted by atomic mass is 35.5. The molecule has 2 rings (SSSR count). The number of aromatic amines is 1. The smallest absolute Gasteiger partial charge is 0.354 e. The largest absolute Gasteiger partial charge is 0.464 e. The van der Waals surface area contributed by atoms with Crippen LogP contribution in [-0.4, -0.2) is 31.3 Å². The molecule has 1 heterocycles. The monoisotopic (exact) mass is 395 g/mol. The lowest BCUT2D eigenvalue weighted by atomic mass is 10.0. The van der Waals surface area contributed by atoms with Gasteiger partial charge in [0.15, 0.2) is 0 Å². The number of hydrogen-bond donors (Lipinski definition) is 1. The predicted octanol–water partition coefficient (Wildman–Crippen LogP) is 6.41. The standard InChI is InChI=1S/C12H12ClNO2.C10H22O/c1-3-7-4-9(13)8-6-11(12(15)16-2)14-10(8)5-7;1-4-8-11-9-6-7-10(3)5-2/h4-6,14H,3H2,1-2H3;10H,4-9H2,1-3H3. The molecule has 1 aromatic heterocycles. The van der Waals surface area contributed by atoms with Crippen LogP contribution in [0.3, 0.4) is 0 Å². The molecule has 0 aliphatic heterocycles. The summed E-state index contributed by atoms with van der Waals surface area (Å²) < 4.78 is 10.0. The normalized spacial score (nSPS) is 11.8. The van der Waals surface area contributed by atoms with Gasteiger partial charge in [-0.1, -0.05) is 45.7 Å². The van der Waals surface area contributed by atoms with Gasteiger partial charge in [0.2, 0.25) is 0 Å². The molecule has 27 heavy (non-hydrogen) atoms. The number of methoxy groups -OCH3 is 1. The van der Waals surface area contributed by atoms with E-state index in [1.54, 1.807) is 6.07 Å². The van der Waals surface area contributed by atoms with Gasteiger partial charge in [-0.05, 0) is 55.4 Å². The van der Waals surface area contributed by atoms with Crippen molar-refractivity contribution in [2.75, 3.05) is 20.3 Å². The lowest BCUT2D eigenvalue weighted by molar-refractivity contribution is 0.0595. The minimum Gasteiger partial charge on any atom is -0.464 e. The first-order valence-corrected chi connectivity index (χ1v) is 10.3. The zero-order valence-electron chi connectivity index (χ0n) is 17.4. The Hall–Kier alpha value is -1.52. The predicted molar refractivity (Wildman–Crippen MR) is 114 cm³/mol. The van der Waals surface area contributed by atoms with Crippen LogP contribution in [0, 0.1) is 5.92 Å². The second-order valence-corrected chi connectivity index (χ2v) is 7.24. The van der Waals surface area contributed by atoms with Gasteiger partial charge in [0.1, 0.15) is 5.69 Å². The molecule has 5 heteroatoms. The first-order chi connectivity index (χ1) is 13.0. The number of H-pyrrole nitrogens is 1. The number of aryl methyl sites for hydroxylation is 1. The van der Waals surface area contributed by atoms with E-state index in [2.05, 4.69) is 37.4 Å². The first kappa shape index (κ1) is 23.5. The van der Waals surface area contributed by atoms with Gasteiger partial charge in [-0.3, -0.25) is 0 Å². The van der Waals surface area contributed by atoms with E-state index in [4.69, 9.17) is 16.3 Å². The second-order valence-electron chi connectivity index (χ2n) is 6.84. The molecule has 1 N–H and O–H groups in total. The number of hydrogen-bond acceptors (Lipinski definition) is 3. The third kappa shape index (κ3) is 7.94. The Bertz CT molecular complexity index is 696. The van der Waals surface area contributed by atoms with Crippen LogP contribution in [0.1, 0.15) is 69.4 Å². The molecule has 0 saturated heterocycles. The van der Waals surface area contributed by atoms with Gasteiger partial charge >= 0.3 is 5.97 Å². The average molecular weight is 396 g/mol. The molecule has 0 amide bonds. The molecule has 1 atom stereocenters. The van der Waals surface area contributed by atoms with Gasteiger partial charge < -0.3 is 14.5 Å². The van der Waals surface area contributed by atoms with Crippen LogP contribution < -0.4 is 0 Å². The lowest BCUT2D eigenvalue weighted by Crippen LogP contribution is -2.00. The molecule has 0 radical (unpaired) electrons. The number of nitrogens with one attached hydrogen (secondary N) is 1. The number of esters is 1. The maximum atomic E-state index is 11.4. The van der Waals surface area contributed by atoms with Gasteiger partial charge in [-0.15, -0.1) is 0 Å². The van der Waals surface area contributed by atoms with Gasteiger partial charge in [-0.2, -0.15) is 0 Å². The second kappa shape index (κ2) is 12.8. The maximum absolute atomic E-state index is 11.4. The molecule has 0 fully saturated rings. The minimum atomic E-state index is -0.384. The zero-order chi connectivity index (χ0) is 20.2. The van der Waals surface area contributed by atoms with Gasteiger partial charge in [0.05, 0.1) is 12.1 Å². The van der Waals surface area contributed by atoms with E-state index < -0.39 is 0 Å². The molecule has 4 nitrogen and oxygen atoms in total. The quantitative estimate of drug-likeness (QED) is 0.394. The number of carbonyl (C=O) groups excluding carboxylic acids is 1. The molecule has 0 spiro atoms. The number of rotatable bonds is 9. The van der Waals surface area contributed by atoms with Crippen molar-refractivity contribution in [3.05, 3.63) is 34.5 Å². The Balaban J connectivity index is 0.000000293. The van der Waals surface area contributed by atoms with Crippen LogP contribution in [0.4, 0.5) is 0 Å². The zero-order valence-corrected chi connectivity index (χ0v) is 18.1. The van der Waals surface area contributed by atoms with Crippen LogP contribution >= 0.6 is 11.6 Å². The topological polar surface area (TPSA) is 51.3 Å². The number of benzene rings is 1. The van der Waals surface area contributed by atoms with Crippen molar-refractivity contribution < 1.29 is 14.3 Å². The Kier molecular flexibility index (Phi) is 11.1. The molecular weight excluding hydrogens is 362 g/mol. The summed E-state index contributed by atoms with van der Waals surface area (Å²) in [6, 6.07) is 5.62. The van der Waals surface area contributed by atoms with Crippen LogP contribution in [-0.2, 0) is 15.9 Å². The maximum Gasteiger partial charge on any atom is 0.354 e. The SMILES string of the molecule is CCCOCCCC(C)CC.CCc1cc(Cl)c2cc(C(=O)OC)[nH]c2c1. The van der Waals surface area contributed by atoms with E-state index in [-0.39, 0.29) is 5.97 Å². The molecule has 0 bridgehead atoms. The third-order valence-corrected chi connectivity index (χ3v) is 4.90. The fourth-order valence-electron chi connectivity index (χ4n) is 2.66. The number of halogens is 1.